The van der Waals surface area contributed by atoms with Crippen LogP contribution >= 0.6 is 11.3 Å². The summed E-state index contributed by atoms with van der Waals surface area (Å²) in [6, 6.07) is 4.08. The standard InChI is InChI=1S/C14H16N2S/c1-9-4-5-11-12(7-9)17-14(15)13(11)10-3-2-6-16-8-10/h2-3,6,8-9H,4-5,7,15H2,1H3. The van der Waals surface area contributed by atoms with Crippen molar-refractivity contribution in [2.24, 2.45) is 5.92 Å². The maximum Gasteiger partial charge on any atom is 0.0942 e. The Morgan fingerprint density at radius 2 is 2.35 bits per heavy atom. The second kappa shape index (κ2) is 4.15. The molecule has 0 saturated carbocycles. The smallest absolute Gasteiger partial charge is 0.0942 e. The molecule has 1 aliphatic carbocycles. The lowest BCUT2D eigenvalue weighted by atomic mass is 9.87. The molecule has 0 radical (unpaired) electrons. The van der Waals surface area contributed by atoms with E-state index >= 15 is 0 Å². The van der Waals surface area contributed by atoms with Gasteiger partial charge in [0, 0.05) is 28.4 Å². The van der Waals surface area contributed by atoms with E-state index in [1.165, 1.54) is 28.8 Å². The number of hydrogen-bond acceptors (Lipinski definition) is 3. The van der Waals surface area contributed by atoms with Crippen molar-refractivity contribution in [3.8, 4) is 11.1 Å². The number of nitrogens with two attached hydrogens (primary N) is 1. The number of aromatic nitrogens is 1. The van der Waals surface area contributed by atoms with Crippen LogP contribution in [0.3, 0.4) is 0 Å². The molecule has 2 nitrogen and oxygen atoms in total. The Kier molecular flexibility index (Phi) is 2.63. The highest BCUT2D eigenvalue weighted by Gasteiger charge is 2.23. The fourth-order valence-electron chi connectivity index (χ4n) is 2.60. The van der Waals surface area contributed by atoms with Gasteiger partial charge in [-0.25, -0.2) is 0 Å². The molecule has 0 aromatic carbocycles. The number of anilines is 1. The molecule has 1 unspecified atom stereocenters. The third-order valence-corrected chi connectivity index (χ3v) is 4.57. The molecule has 0 saturated heterocycles. The molecule has 17 heavy (non-hydrogen) atoms. The number of nitrogens with zero attached hydrogens (tertiary/aromatic N) is 1. The van der Waals surface area contributed by atoms with Gasteiger partial charge in [-0.3, -0.25) is 4.98 Å². The van der Waals surface area contributed by atoms with E-state index in [1.54, 1.807) is 17.5 Å². The number of hydrogen-bond donors (Lipinski definition) is 1. The molecule has 2 heterocycles. The molecule has 2 aromatic heterocycles. The first-order chi connectivity index (χ1) is 8.25. The van der Waals surface area contributed by atoms with Crippen molar-refractivity contribution in [1.82, 2.24) is 4.98 Å². The van der Waals surface area contributed by atoms with Gasteiger partial charge in [-0.15, -0.1) is 11.3 Å². The summed E-state index contributed by atoms with van der Waals surface area (Å²) in [5, 5.41) is 0.956. The van der Waals surface area contributed by atoms with E-state index in [0.717, 1.165) is 22.9 Å². The third kappa shape index (κ3) is 1.84. The van der Waals surface area contributed by atoms with Gasteiger partial charge in [-0.2, -0.15) is 0 Å². The first-order valence-electron chi connectivity index (χ1n) is 6.06. The number of nitrogen functional groups attached to an aromatic ring is 1. The highest BCUT2D eigenvalue weighted by Crippen LogP contribution is 2.43. The van der Waals surface area contributed by atoms with Crippen molar-refractivity contribution in [1.29, 1.82) is 0 Å². The van der Waals surface area contributed by atoms with Crippen molar-refractivity contribution in [3.05, 3.63) is 35.0 Å². The van der Waals surface area contributed by atoms with Crippen LogP contribution in [0.2, 0.25) is 0 Å². The van der Waals surface area contributed by atoms with Gasteiger partial charge in [0.25, 0.3) is 0 Å². The van der Waals surface area contributed by atoms with Gasteiger partial charge in [0.15, 0.2) is 0 Å². The van der Waals surface area contributed by atoms with Crippen molar-refractivity contribution in [3.63, 3.8) is 0 Å². The second-order valence-corrected chi connectivity index (χ2v) is 5.97. The Bertz CT molecular complexity index is 531. The van der Waals surface area contributed by atoms with Gasteiger partial charge in [0.1, 0.15) is 0 Å². The zero-order valence-electron chi connectivity index (χ0n) is 9.94. The Labute approximate surface area is 106 Å². The van der Waals surface area contributed by atoms with Crippen LogP contribution in [0.5, 0.6) is 0 Å². The lowest BCUT2D eigenvalue weighted by Crippen LogP contribution is -2.09. The average Bonchev–Trinajstić information content (AvgIpc) is 2.65. The third-order valence-electron chi connectivity index (χ3n) is 3.49. The minimum Gasteiger partial charge on any atom is -0.390 e. The normalized spacial score (nSPS) is 19.0. The summed E-state index contributed by atoms with van der Waals surface area (Å²) >= 11 is 1.77. The zero-order chi connectivity index (χ0) is 11.8. The van der Waals surface area contributed by atoms with E-state index in [9.17, 15) is 0 Å². The number of fused-ring (bicyclic) bond motifs is 1. The summed E-state index contributed by atoms with van der Waals surface area (Å²) in [5.41, 5.74) is 10.1. The van der Waals surface area contributed by atoms with Gasteiger partial charge in [0.05, 0.1) is 5.00 Å². The maximum absolute atomic E-state index is 6.19. The monoisotopic (exact) mass is 244 g/mol. The van der Waals surface area contributed by atoms with Crippen molar-refractivity contribution < 1.29 is 0 Å². The first-order valence-corrected chi connectivity index (χ1v) is 6.87. The van der Waals surface area contributed by atoms with Crippen molar-refractivity contribution in [2.45, 2.75) is 26.2 Å². The van der Waals surface area contributed by atoms with Crippen LogP contribution in [-0.2, 0) is 12.8 Å². The molecule has 3 rings (SSSR count). The predicted octanol–water partition coefficient (Wildman–Crippen LogP) is 3.52. The fraction of sp³-hybridized carbons (Fsp3) is 0.357. The van der Waals surface area contributed by atoms with E-state index in [0.29, 0.717) is 0 Å². The van der Waals surface area contributed by atoms with E-state index in [1.807, 2.05) is 12.3 Å². The Balaban J connectivity index is 2.12. The van der Waals surface area contributed by atoms with Crippen molar-refractivity contribution in [2.75, 3.05) is 5.73 Å². The summed E-state index contributed by atoms with van der Waals surface area (Å²) in [4.78, 5) is 5.68. The van der Waals surface area contributed by atoms with Crippen LogP contribution in [0.25, 0.3) is 11.1 Å². The van der Waals surface area contributed by atoms with Gasteiger partial charge in [0.2, 0.25) is 0 Å². The Morgan fingerprint density at radius 3 is 3.12 bits per heavy atom. The SMILES string of the molecule is CC1CCc2c(sc(N)c2-c2cccnc2)C1. The predicted molar refractivity (Wildman–Crippen MR) is 73.2 cm³/mol. The van der Waals surface area contributed by atoms with Crippen molar-refractivity contribution >= 4 is 16.3 Å². The maximum atomic E-state index is 6.19. The molecule has 0 fully saturated rings. The van der Waals surface area contributed by atoms with Gasteiger partial charge in [-0.05, 0) is 36.8 Å². The van der Waals surface area contributed by atoms with Gasteiger partial charge in [-0.1, -0.05) is 13.0 Å². The number of rotatable bonds is 1. The Morgan fingerprint density at radius 1 is 1.47 bits per heavy atom. The van der Waals surface area contributed by atoms with Crippen LogP contribution in [0, 0.1) is 5.92 Å². The van der Waals surface area contributed by atoms with Gasteiger partial charge < -0.3 is 5.73 Å². The number of pyridine rings is 1. The molecule has 3 heteroatoms. The second-order valence-electron chi connectivity index (χ2n) is 4.83. The van der Waals surface area contributed by atoms with Crippen LogP contribution in [-0.4, -0.2) is 4.98 Å². The van der Waals surface area contributed by atoms with Crippen LogP contribution < -0.4 is 5.73 Å². The molecule has 0 spiro atoms. The van der Waals surface area contributed by atoms with E-state index in [-0.39, 0.29) is 0 Å². The summed E-state index contributed by atoms with van der Waals surface area (Å²) < 4.78 is 0. The summed E-state index contributed by atoms with van der Waals surface area (Å²) in [6.45, 7) is 2.32. The van der Waals surface area contributed by atoms with E-state index in [4.69, 9.17) is 5.73 Å². The zero-order valence-corrected chi connectivity index (χ0v) is 10.8. The summed E-state index contributed by atoms with van der Waals surface area (Å²) in [6.07, 6.45) is 7.34. The topological polar surface area (TPSA) is 38.9 Å². The molecule has 2 aromatic rings. The molecule has 1 aliphatic rings. The van der Waals surface area contributed by atoms with Crippen LogP contribution in [0.4, 0.5) is 5.00 Å². The fourth-order valence-corrected chi connectivity index (χ4v) is 3.90. The van der Waals surface area contributed by atoms with Gasteiger partial charge >= 0.3 is 0 Å². The minimum atomic E-state index is 0.794. The van der Waals surface area contributed by atoms with Crippen LogP contribution in [0.15, 0.2) is 24.5 Å². The Hall–Kier alpha value is -1.35. The van der Waals surface area contributed by atoms with Crippen LogP contribution in [0.1, 0.15) is 23.8 Å². The highest BCUT2D eigenvalue weighted by molar-refractivity contribution is 7.16. The average molecular weight is 244 g/mol. The van der Waals surface area contributed by atoms with E-state index in [2.05, 4.69) is 18.0 Å². The molecular formula is C14H16N2S. The quantitative estimate of drug-likeness (QED) is 0.833. The minimum absolute atomic E-state index is 0.794. The molecular weight excluding hydrogens is 228 g/mol. The number of thiophene rings is 1. The molecule has 0 amide bonds. The molecule has 0 aliphatic heterocycles. The molecule has 0 bridgehead atoms. The highest BCUT2D eigenvalue weighted by atomic mass is 32.1. The molecule has 2 N–H and O–H groups in total. The molecule has 88 valence electrons. The lowest BCUT2D eigenvalue weighted by Gasteiger charge is -2.18. The summed E-state index contributed by atoms with van der Waals surface area (Å²) in [7, 11) is 0. The summed E-state index contributed by atoms with van der Waals surface area (Å²) in [5.74, 6) is 0.794. The molecule has 1 atom stereocenters. The first kappa shape index (κ1) is 10.8. The largest absolute Gasteiger partial charge is 0.390 e. The van der Waals surface area contributed by atoms with E-state index < -0.39 is 0 Å². The lowest BCUT2D eigenvalue weighted by molar-refractivity contribution is 0.508.